The highest BCUT2D eigenvalue weighted by atomic mass is 16.3. The molecule has 0 bridgehead atoms. The van der Waals surface area contributed by atoms with Gasteiger partial charge in [-0.3, -0.25) is 0 Å². The van der Waals surface area contributed by atoms with Crippen LogP contribution in [0.5, 0.6) is 0 Å². The van der Waals surface area contributed by atoms with Gasteiger partial charge in [0.25, 0.3) is 0 Å². The molecule has 0 N–H and O–H groups in total. The standard InChI is InChI=1S/C54H34O/c1-3-11-35(12-4-1)37-19-23-40(24-20-37)52-45-17-9-10-18-46(45)53(41-25-21-38(22-26-41)36-13-5-2-6-14-36)48-33-42(27-30-47(48)52)43-29-31-50-49(34-43)54-44-16-8-7-15-39(44)28-32-51(54)55-50/h1-34H. The summed E-state index contributed by atoms with van der Waals surface area (Å²) in [5.74, 6) is 0. The largest absolute Gasteiger partial charge is 0.456 e. The molecule has 0 unspecified atom stereocenters. The van der Waals surface area contributed by atoms with Gasteiger partial charge in [0.2, 0.25) is 0 Å². The maximum Gasteiger partial charge on any atom is 0.136 e. The molecule has 11 aromatic rings. The van der Waals surface area contributed by atoms with Gasteiger partial charge in [0.15, 0.2) is 0 Å². The molecule has 0 aliphatic rings. The highest BCUT2D eigenvalue weighted by Crippen LogP contribution is 2.46. The summed E-state index contributed by atoms with van der Waals surface area (Å²) in [6.07, 6.45) is 0. The minimum atomic E-state index is 0.905. The van der Waals surface area contributed by atoms with E-state index in [4.69, 9.17) is 4.42 Å². The van der Waals surface area contributed by atoms with E-state index in [0.29, 0.717) is 0 Å². The van der Waals surface area contributed by atoms with Gasteiger partial charge < -0.3 is 4.42 Å². The second-order valence-corrected chi connectivity index (χ2v) is 14.4. The van der Waals surface area contributed by atoms with E-state index in [-0.39, 0.29) is 0 Å². The maximum atomic E-state index is 6.39. The van der Waals surface area contributed by atoms with Crippen LogP contribution in [0.15, 0.2) is 211 Å². The summed E-state index contributed by atoms with van der Waals surface area (Å²) in [6, 6.07) is 74.8. The molecule has 1 aromatic heterocycles. The highest BCUT2D eigenvalue weighted by molar-refractivity contribution is 6.23. The molecule has 11 rings (SSSR count). The average molecular weight is 699 g/mol. The zero-order valence-corrected chi connectivity index (χ0v) is 30.0. The molecule has 0 saturated carbocycles. The van der Waals surface area contributed by atoms with E-state index in [1.165, 1.54) is 87.8 Å². The first-order chi connectivity index (χ1) is 27.3. The third kappa shape index (κ3) is 5.24. The van der Waals surface area contributed by atoms with Crippen molar-refractivity contribution in [2.24, 2.45) is 0 Å². The first-order valence-electron chi connectivity index (χ1n) is 18.9. The van der Waals surface area contributed by atoms with Gasteiger partial charge in [-0.15, -0.1) is 0 Å². The van der Waals surface area contributed by atoms with Crippen LogP contribution in [0, 0.1) is 0 Å². The Kier molecular flexibility index (Phi) is 7.25. The molecule has 0 aliphatic heterocycles. The predicted octanol–water partition coefficient (Wildman–Crippen LogP) is 15.4. The van der Waals surface area contributed by atoms with Crippen LogP contribution in [0.3, 0.4) is 0 Å². The Morgan fingerprint density at radius 2 is 0.655 bits per heavy atom. The Morgan fingerprint density at radius 3 is 1.27 bits per heavy atom. The van der Waals surface area contributed by atoms with Crippen molar-refractivity contribution in [3.05, 3.63) is 206 Å². The zero-order valence-electron chi connectivity index (χ0n) is 30.0. The molecular weight excluding hydrogens is 665 g/mol. The van der Waals surface area contributed by atoms with Crippen molar-refractivity contribution in [2.75, 3.05) is 0 Å². The number of benzene rings is 10. The summed E-state index contributed by atoms with van der Waals surface area (Å²) < 4.78 is 6.39. The summed E-state index contributed by atoms with van der Waals surface area (Å²) in [6.45, 7) is 0. The number of furan rings is 1. The second kappa shape index (κ2) is 12.7. The zero-order chi connectivity index (χ0) is 36.3. The topological polar surface area (TPSA) is 13.1 Å². The molecule has 0 spiro atoms. The molecule has 55 heavy (non-hydrogen) atoms. The van der Waals surface area contributed by atoms with Crippen molar-refractivity contribution in [2.45, 2.75) is 0 Å². The van der Waals surface area contributed by atoms with Crippen molar-refractivity contribution in [1.82, 2.24) is 0 Å². The summed E-state index contributed by atoms with van der Waals surface area (Å²) in [5, 5.41) is 9.69. The Hall–Kier alpha value is -7.22. The Balaban J connectivity index is 1.15. The van der Waals surface area contributed by atoms with Gasteiger partial charge in [-0.25, -0.2) is 0 Å². The fraction of sp³-hybridized carbons (Fsp3) is 0. The molecule has 0 radical (unpaired) electrons. The van der Waals surface area contributed by atoms with E-state index in [1.54, 1.807) is 0 Å². The number of fused-ring (bicyclic) bond motifs is 7. The van der Waals surface area contributed by atoms with Crippen molar-refractivity contribution in [1.29, 1.82) is 0 Å². The van der Waals surface area contributed by atoms with Gasteiger partial charge in [0, 0.05) is 10.8 Å². The summed E-state index contributed by atoms with van der Waals surface area (Å²) in [7, 11) is 0. The smallest absolute Gasteiger partial charge is 0.136 e. The molecular formula is C54H34O. The highest BCUT2D eigenvalue weighted by Gasteiger charge is 2.19. The summed E-state index contributed by atoms with van der Waals surface area (Å²) >= 11 is 0. The molecule has 10 aromatic carbocycles. The van der Waals surface area contributed by atoms with Crippen molar-refractivity contribution >= 4 is 54.3 Å². The van der Waals surface area contributed by atoms with Gasteiger partial charge in [-0.2, -0.15) is 0 Å². The Morgan fingerprint density at radius 1 is 0.236 bits per heavy atom. The Bertz CT molecular complexity index is 3210. The van der Waals surface area contributed by atoms with Gasteiger partial charge in [-0.1, -0.05) is 182 Å². The second-order valence-electron chi connectivity index (χ2n) is 14.4. The fourth-order valence-corrected chi connectivity index (χ4v) is 8.63. The van der Waals surface area contributed by atoms with Crippen LogP contribution in [0.4, 0.5) is 0 Å². The molecule has 0 aliphatic carbocycles. The molecule has 0 fully saturated rings. The van der Waals surface area contributed by atoms with Crippen LogP contribution in [0.25, 0.3) is 110 Å². The fourth-order valence-electron chi connectivity index (χ4n) is 8.63. The van der Waals surface area contributed by atoms with E-state index < -0.39 is 0 Å². The number of hydrogen-bond donors (Lipinski definition) is 0. The first kappa shape index (κ1) is 31.3. The average Bonchev–Trinajstić information content (AvgIpc) is 3.65. The lowest BCUT2D eigenvalue weighted by Crippen LogP contribution is -1.92. The van der Waals surface area contributed by atoms with Crippen molar-refractivity contribution in [3.8, 4) is 55.6 Å². The molecule has 0 amide bonds. The molecule has 1 heterocycles. The molecule has 1 heteroatoms. The van der Waals surface area contributed by atoms with E-state index >= 15 is 0 Å². The third-order valence-corrected chi connectivity index (χ3v) is 11.3. The molecule has 1 nitrogen and oxygen atoms in total. The maximum absolute atomic E-state index is 6.39. The monoisotopic (exact) mass is 698 g/mol. The van der Waals surface area contributed by atoms with E-state index in [2.05, 4.69) is 206 Å². The number of hydrogen-bond acceptors (Lipinski definition) is 1. The van der Waals surface area contributed by atoms with Gasteiger partial charge in [0.05, 0.1) is 0 Å². The van der Waals surface area contributed by atoms with Gasteiger partial charge in [-0.05, 0) is 112 Å². The van der Waals surface area contributed by atoms with Crippen LogP contribution in [0.1, 0.15) is 0 Å². The van der Waals surface area contributed by atoms with Crippen molar-refractivity contribution in [3.63, 3.8) is 0 Å². The first-order valence-corrected chi connectivity index (χ1v) is 18.9. The summed E-state index contributed by atoms with van der Waals surface area (Å²) in [4.78, 5) is 0. The predicted molar refractivity (Wildman–Crippen MR) is 233 cm³/mol. The van der Waals surface area contributed by atoms with E-state index in [0.717, 1.165) is 22.1 Å². The van der Waals surface area contributed by atoms with E-state index in [1.807, 2.05) is 0 Å². The SMILES string of the molecule is c1ccc(-c2ccc(-c3c4ccccc4c(-c4ccc(-c5ccccc5)cc4)c4cc(-c5ccc6oc7ccc8ccccc8c7c6c5)ccc34)cc2)cc1. The normalized spacial score (nSPS) is 11.6. The minimum Gasteiger partial charge on any atom is -0.456 e. The lowest BCUT2D eigenvalue weighted by Gasteiger charge is -2.19. The minimum absolute atomic E-state index is 0.905. The van der Waals surface area contributed by atoms with Crippen LogP contribution in [-0.2, 0) is 0 Å². The summed E-state index contributed by atoms with van der Waals surface area (Å²) in [5.41, 5.74) is 13.9. The number of rotatable bonds is 5. The molecule has 256 valence electrons. The van der Waals surface area contributed by atoms with Crippen molar-refractivity contribution < 1.29 is 4.42 Å². The molecule has 0 atom stereocenters. The van der Waals surface area contributed by atoms with Crippen LogP contribution < -0.4 is 0 Å². The lowest BCUT2D eigenvalue weighted by molar-refractivity contribution is 0.669. The molecule has 0 saturated heterocycles. The Labute approximate surface area is 319 Å². The quantitative estimate of drug-likeness (QED) is 0.163. The van der Waals surface area contributed by atoms with E-state index in [9.17, 15) is 0 Å². The van der Waals surface area contributed by atoms with Gasteiger partial charge in [0.1, 0.15) is 11.2 Å². The lowest BCUT2D eigenvalue weighted by atomic mass is 9.84. The van der Waals surface area contributed by atoms with Gasteiger partial charge >= 0.3 is 0 Å². The van der Waals surface area contributed by atoms with Crippen LogP contribution in [0.2, 0.25) is 0 Å². The van der Waals surface area contributed by atoms with Crippen LogP contribution >= 0.6 is 0 Å². The third-order valence-electron chi connectivity index (χ3n) is 11.3. The van der Waals surface area contributed by atoms with Crippen LogP contribution in [-0.4, -0.2) is 0 Å².